The maximum absolute atomic E-state index is 8.21. The molecule has 0 aromatic heterocycles. The van der Waals surface area contributed by atoms with Crippen LogP contribution >= 0.6 is 11.8 Å². The Labute approximate surface area is 60.4 Å². The van der Waals surface area contributed by atoms with E-state index in [4.69, 9.17) is 11.0 Å². The van der Waals surface area contributed by atoms with Crippen molar-refractivity contribution >= 4 is 11.8 Å². The second-order valence-corrected chi connectivity index (χ2v) is 4.09. The molecule has 0 saturated carbocycles. The molecule has 9 heavy (non-hydrogen) atoms. The first-order valence-corrected chi connectivity index (χ1v) is 3.82. The van der Waals surface area contributed by atoms with E-state index in [9.17, 15) is 0 Å². The lowest BCUT2D eigenvalue weighted by Gasteiger charge is -2.19. The van der Waals surface area contributed by atoms with Crippen LogP contribution in [0.3, 0.4) is 0 Å². The molecule has 0 aromatic carbocycles. The van der Waals surface area contributed by atoms with Gasteiger partial charge in [-0.2, -0.15) is 5.26 Å². The molecule has 52 valence electrons. The summed E-state index contributed by atoms with van der Waals surface area (Å²) in [6.45, 7) is 4.70. The SMILES string of the molecule is CC(C)(CN)SCC#N. The quantitative estimate of drug-likeness (QED) is 0.642. The predicted octanol–water partition coefficient (Wildman–Crippen LogP) is 0.980. The van der Waals surface area contributed by atoms with Gasteiger partial charge in [-0.25, -0.2) is 0 Å². The minimum absolute atomic E-state index is 0.0652. The summed E-state index contributed by atoms with van der Waals surface area (Å²) in [4.78, 5) is 0. The maximum Gasteiger partial charge on any atom is 0.0813 e. The van der Waals surface area contributed by atoms with Gasteiger partial charge < -0.3 is 5.73 Å². The molecule has 2 N–H and O–H groups in total. The molecule has 0 amide bonds. The Morgan fingerprint density at radius 2 is 2.22 bits per heavy atom. The molecule has 2 nitrogen and oxygen atoms in total. The number of nitriles is 1. The van der Waals surface area contributed by atoms with Gasteiger partial charge in [0.1, 0.15) is 0 Å². The summed E-state index contributed by atoms with van der Waals surface area (Å²) in [5, 5.41) is 8.21. The van der Waals surface area contributed by atoms with Gasteiger partial charge in [-0.15, -0.1) is 11.8 Å². The van der Waals surface area contributed by atoms with Gasteiger partial charge in [0.05, 0.1) is 11.8 Å². The predicted molar refractivity (Wildman–Crippen MR) is 41.2 cm³/mol. The largest absolute Gasteiger partial charge is 0.329 e. The topological polar surface area (TPSA) is 49.8 Å². The zero-order chi connectivity index (χ0) is 7.33. The molecule has 0 spiro atoms. The van der Waals surface area contributed by atoms with Crippen molar-refractivity contribution < 1.29 is 0 Å². The van der Waals surface area contributed by atoms with Gasteiger partial charge in [-0.1, -0.05) is 0 Å². The monoisotopic (exact) mass is 144 g/mol. The smallest absolute Gasteiger partial charge is 0.0813 e. The molecule has 0 radical (unpaired) electrons. The molecule has 0 bridgehead atoms. The van der Waals surface area contributed by atoms with Gasteiger partial charge in [0.25, 0.3) is 0 Å². The lowest BCUT2D eigenvalue weighted by molar-refractivity contribution is 0.724. The van der Waals surface area contributed by atoms with Crippen molar-refractivity contribution in [3.05, 3.63) is 0 Å². The molecular weight excluding hydrogens is 132 g/mol. The zero-order valence-electron chi connectivity index (χ0n) is 5.85. The average Bonchev–Trinajstić information content (AvgIpc) is 1.84. The number of hydrogen-bond acceptors (Lipinski definition) is 3. The highest BCUT2D eigenvalue weighted by atomic mass is 32.2. The van der Waals surface area contributed by atoms with Crippen molar-refractivity contribution in [3.63, 3.8) is 0 Å². The standard InChI is InChI=1S/C6H12N2S/c1-6(2,5-8)9-4-3-7/h4-5,8H2,1-2H3. The van der Waals surface area contributed by atoms with E-state index >= 15 is 0 Å². The fourth-order valence-corrected chi connectivity index (χ4v) is 0.860. The third kappa shape index (κ3) is 4.31. The Hall–Kier alpha value is -0.200. The van der Waals surface area contributed by atoms with Crippen molar-refractivity contribution in [2.75, 3.05) is 12.3 Å². The zero-order valence-corrected chi connectivity index (χ0v) is 6.66. The van der Waals surface area contributed by atoms with Gasteiger partial charge in [0.15, 0.2) is 0 Å². The summed E-state index contributed by atoms with van der Waals surface area (Å²) >= 11 is 1.59. The van der Waals surface area contributed by atoms with E-state index in [1.165, 1.54) is 0 Å². The molecule has 0 fully saturated rings. The van der Waals surface area contributed by atoms with E-state index in [2.05, 4.69) is 6.07 Å². The van der Waals surface area contributed by atoms with E-state index in [1.807, 2.05) is 13.8 Å². The van der Waals surface area contributed by atoms with Crippen LogP contribution in [0.5, 0.6) is 0 Å². The van der Waals surface area contributed by atoms with Crippen LogP contribution in [0, 0.1) is 11.3 Å². The third-order valence-corrected chi connectivity index (χ3v) is 2.24. The molecule has 0 aliphatic heterocycles. The molecule has 0 aliphatic rings. The van der Waals surface area contributed by atoms with Gasteiger partial charge >= 0.3 is 0 Å². The van der Waals surface area contributed by atoms with Crippen molar-refractivity contribution in [1.29, 1.82) is 5.26 Å². The van der Waals surface area contributed by atoms with E-state index < -0.39 is 0 Å². The Bertz CT molecular complexity index is 115. The summed E-state index contributed by atoms with van der Waals surface area (Å²) in [7, 11) is 0. The highest BCUT2D eigenvalue weighted by Crippen LogP contribution is 2.21. The third-order valence-electron chi connectivity index (χ3n) is 1.02. The fourth-order valence-electron chi connectivity index (χ4n) is 0.287. The Morgan fingerprint density at radius 1 is 1.67 bits per heavy atom. The minimum Gasteiger partial charge on any atom is -0.329 e. The van der Waals surface area contributed by atoms with E-state index in [-0.39, 0.29) is 4.75 Å². The average molecular weight is 144 g/mol. The number of nitrogens with two attached hydrogens (primary N) is 1. The summed E-state index contributed by atoms with van der Waals surface area (Å²) < 4.78 is 0.0652. The Balaban J connectivity index is 3.48. The fraction of sp³-hybridized carbons (Fsp3) is 0.833. The number of hydrogen-bond donors (Lipinski definition) is 1. The minimum atomic E-state index is 0.0652. The van der Waals surface area contributed by atoms with E-state index in [0.29, 0.717) is 12.3 Å². The second-order valence-electron chi connectivity index (χ2n) is 2.41. The van der Waals surface area contributed by atoms with Crippen molar-refractivity contribution in [2.24, 2.45) is 5.73 Å². The van der Waals surface area contributed by atoms with Crippen molar-refractivity contribution in [2.45, 2.75) is 18.6 Å². The molecule has 0 atom stereocenters. The van der Waals surface area contributed by atoms with Crippen LogP contribution in [0.2, 0.25) is 0 Å². The molecule has 0 aromatic rings. The number of rotatable bonds is 3. The van der Waals surface area contributed by atoms with Gasteiger partial charge in [-0.3, -0.25) is 0 Å². The second kappa shape index (κ2) is 3.76. The lowest BCUT2D eigenvalue weighted by Crippen LogP contribution is -2.26. The van der Waals surface area contributed by atoms with E-state index in [0.717, 1.165) is 0 Å². The van der Waals surface area contributed by atoms with Gasteiger partial charge in [-0.05, 0) is 13.8 Å². The van der Waals surface area contributed by atoms with E-state index in [1.54, 1.807) is 11.8 Å². The normalized spacial score (nSPS) is 10.9. The summed E-state index contributed by atoms with van der Waals surface area (Å²) in [6.07, 6.45) is 0. The molecule has 0 heterocycles. The lowest BCUT2D eigenvalue weighted by atomic mass is 10.2. The van der Waals surface area contributed by atoms with Gasteiger partial charge in [0, 0.05) is 11.3 Å². The van der Waals surface area contributed by atoms with Crippen molar-refractivity contribution in [1.82, 2.24) is 0 Å². The summed E-state index contributed by atoms with van der Waals surface area (Å²) in [6, 6.07) is 2.07. The molecule has 0 rings (SSSR count). The Morgan fingerprint density at radius 3 is 2.56 bits per heavy atom. The van der Waals surface area contributed by atoms with Crippen LogP contribution in [0.4, 0.5) is 0 Å². The molecule has 0 aliphatic carbocycles. The van der Waals surface area contributed by atoms with Crippen LogP contribution in [-0.4, -0.2) is 17.0 Å². The molecule has 0 unspecified atom stereocenters. The molecular formula is C6H12N2S. The van der Waals surface area contributed by atoms with Crippen LogP contribution in [-0.2, 0) is 0 Å². The maximum atomic E-state index is 8.21. The van der Waals surface area contributed by atoms with Crippen LogP contribution in [0.25, 0.3) is 0 Å². The van der Waals surface area contributed by atoms with Gasteiger partial charge in [0.2, 0.25) is 0 Å². The number of nitrogens with zero attached hydrogens (tertiary/aromatic N) is 1. The first-order valence-electron chi connectivity index (χ1n) is 2.83. The van der Waals surface area contributed by atoms with Crippen molar-refractivity contribution in [3.8, 4) is 6.07 Å². The molecule has 0 saturated heterocycles. The Kier molecular flexibility index (Phi) is 3.67. The highest BCUT2D eigenvalue weighted by Gasteiger charge is 2.14. The van der Waals surface area contributed by atoms with Crippen LogP contribution in [0.1, 0.15) is 13.8 Å². The van der Waals surface area contributed by atoms with Crippen LogP contribution < -0.4 is 5.73 Å². The molecule has 3 heteroatoms. The number of thioether (sulfide) groups is 1. The summed E-state index contributed by atoms with van der Waals surface area (Å²) in [5.41, 5.74) is 5.42. The highest BCUT2D eigenvalue weighted by molar-refractivity contribution is 8.00. The summed E-state index contributed by atoms with van der Waals surface area (Å²) in [5.74, 6) is 0.532. The first-order chi connectivity index (χ1) is 4.12. The van der Waals surface area contributed by atoms with Crippen LogP contribution in [0.15, 0.2) is 0 Å². The first kappa shape index (κ1) is 8.80.